The van der Waals surface area contributed by atoms with Crippen molar-refractivity contribution >= 4 is 0 Å². The first kappa shape index (κ1) is 11.4. The minimum atomic E-state index is 0.745. The van der Waals surface area contributed by atoms with Gasteiger partial charge in [0.05, 0.1) is 0 Å². The Hall–Kier alpha value is -0.0800. The molecule has 0 aromatic heterocycles. The average Bonchev–Trinajstić information content (AvgIpc) is 2.70. The van der Waals surface area contributed by atoms with Crippen LogP contribution in [0, 0.1) is 11.8 Å². The molecule has 2 rings (SSSR count). The Morgan fingerprint density at radius 1 is 1.13 bits per heavy atom. The standard InChI is InChI=1S/C13H26N2/c1-10-5-4-6-13(11(10)2)15-8-7-12(9-15)14-3/h10-14H,4-9H2,1-3H3. The molecule has 0 aromatic carbocycles. The normalized spacial score (nSPS) is 43.4. The summed E-state index contributed by atoms with van der Waals surface area (Å²) in [5, 5.41) is 3.42. The molecule has 2 aliphatic rings. The van der Waals surface area contributed by atoms with E-state index in [-0.39, 0.29) is 0 Å². The number of hydrogen-bond acceptors (Lipinski definition) is 2. The number of likely N-dealkylation sites (tertiary alicyclic amines) is 1. The molecule has 1 heterocycles. The molecule has 2 heteroatoms. The molecule has 0 aromatic rings. The maximum absolute atomic E-state index is 3.42. The lowest BCUT2D eigenvalue weighted by atomic mass is 9.77. The molecule has 1 aliphatic heterocycles. The summed E-state index contributed by atoms with van der Waals surface area (Å²) < 4.78 is 0. The zero-order valence-electron chi connectivity index (χ0n) is 10.5. The largest absolute Gasteiger partial charge is 0.316 e. The lowest BCUT2D eigenvalue weighted by molar-refractivity contribution is 0.0997. The lowest BCUT2D eigenvalue weighted by Gasteiger charge is -2.40. The van der Waals surface area contributed by atoms with Crippen LogP contribution in [0.1, 0.15) is 39.5 Å². The first-order valence-electron chi connectivity index (χ1n) is 6.63. The summed E-state index contributed by atoms with van der Waals surface area (Å²) >= 11 is 0. The van der Waals surface area contributed by atoms with Crippen molar-refractivity contribution in [2.24, 2.45) is 11.8 Å². The quantitative estimate of drug-likeness (QED) is 0.751. The molecule has 0 radical (unpaired) electrons. The van der Waals surface area contributed by atoms with E-state index in [1.807, 2.05) is 0 Å². The predicted octanol–water partition coefficient (Wildman–Crippen LogP) is 2.10. The molecule has 0 bridgehead atoms. The van der Waals surface area contributed by atoms with Gasteiger partial charge >= 0.3 is 0 Å². The lowest BCUT2D eigenvalue weighted by Crippen LogP contribution is -2.44. The Morgan fingerprint density at radius 3 is 2.60 bits per heavy atom. The van der Waals surface area contributed by atoms with Gasteiger partial charge in [-0.2, -0.15) is 0 Å². The van der Waals surface area contributed by atoms with E-state index in [0.29, 0.717) is 0 Å². The second-order valence-corrected chi connectivity index (χ2v) is 5.60. The van der Waals surface area contributed by atoms with Crippen LogP contribution in [0.4, 0.5) is 0 Å². The Bertz CT molecular complexity index is 205. The zero-order valence-corrected chi connectivity index (χ0v) is 10.5. The van der Waals surface area contributed by atoms with Crippen molar-refractivity contribution in [3.8, 4) is 0 Å². The molecule has 4 unspecified atom stereocenters. The molecular weight excluding hydrogens is 184 g/mol. The van der Waals surface area contributed by atoms with E-state index in [2.05, 4.69) is 31.1 Å². The summed E-state index contributed by atoms with van der Waals surface area (Å²) in [6, 6.07) is 1.61. The van der Waals surface area contributed by atoms with Gasteiger partial charge in [-0.05, 0) is 31.7 Å². The summed E-state index contributed by atoms with van der Waals surface area (Å²) in [6.07, 6.45) is 5.66. The molecule has 0 amide bonds. The van der Waals surface area contributed by atoms with Crippen molar-refractivity contribution in [2.45, 2.75) is 51.6 Å². The van der Waals surface area contributed by atoms with Gasteiger partial charge in [0.15, 0.2) is 0 Å². The Balaban J connectivity index is 1.92. The van der Waals surface area contributed by atoms with Crippen LogP contribution in [-0.4, -0.2) is 37.1 Å². The molecule has 0 spiro atoms. The third-order valence-corrected chi connectivity index (χ3v) is 4.76. The van der Waals surface area contributed by atoms with Gasteiger partial charge in [0, 0.05) is 25.2 Å². The summed E-state index contributed by atoms with van der Waals surface area (Å²) in [5.74, 6) is 1.83. The van der Waals surface area contributed by atoms with E-state index < -0.39 is 0 Å². The zero-order chi connectivity index (χ0) is 10.8. The van der Waals surface area contributed by atoms with Crippen LogP contribution in [0.3, 0.4) is 0 Å². The van der Waals surface area contributed by atoms with Crippen LogP contribution in [0.5, 0.6) is 0 Å². The van der Waals surface area contributed by atoms with Gasteiger partial charge < -0.3 is 5.32 Å². The van der Waals surface area contributed by atoms with Crippen LogP contribution < -0.4 is 5.32 Å². The Kier molecular flexibility index (Phi) is 3.68. The SMILES string of the molecule is CNC1CCN(C2CCCC(C)C2C)C1. The highest BCUT2D eigenvalue weighted by Crippen LogP contribution is 2.34. The number of nitrogens with one attached hydrogen (secondary N) is 1. The van der Waals surface area contributed by atoms with Gasteiger partial charge in [-0.15, -0.1) is 0 Å². The summed E-state index contributed by atoms with van der Waals surface area (Å²) in [4.78, 5) is 2.74. The molecule has 1 N–H and O–H groups in total. The fourth-order valence-corrected chi connectivity index (χ4v) is 3.39. The number of likely N-dealkylation sites (N-methyl/N-ethyl adjacent to an activating group) is 1. The van der Waals surface area contributed by atoms with Gasteiger partial charge in [0.1, 0.15) is 0 Å². The van der Waals surface area contributed by atoms with Crippen LogP contribution in [0.15, 0.2) is 0 Å². The second-order valence-electron chi connectivity index (χ2n) is 5.60. The van der Waals surface area contributed by atoms with E-state index >= 15 is 0 Å². The van der Waals surface area contributed by atoms with Crippen LogP contribution in [0.25, 0.3) is 0 Å². The van der Waals surface area contributed by atoms with Crippen LogP contribution in [-0.2, 0) is 0 Å². The first-order chi connectivity index (χ1) is 7.22. The maximum Gasteiger partial charge on any atom is 0.0204 e. The second kappa shape index (κ2) is 4.84. The van der Waals surface area contributed by atoms with Crippen molar-refractivity contribution in [2.75, 3.05) is 20.1 Å². The van der Waals surface area contributed by atoms with Gasteiger partial charge in [-0.1, -0.05) is 26.7 Å². The van der Waals surface area contributed by atoms with Gasteiger partial charge in [-0.3, -0.25) is 4.90 Å². The third-order valence-electron chi connectivity index (χ3n) is 4.76. The minimum absolute atomic E-state index is 0.745. The van der Waals surface area contributed by atoms with Crippen LogP contribution in [0.2, 0.25) is 0 Å². The van der Waals surface area contributed by atoms with E-state index in [4.69, 9.17) is 0 Å². The molecule has 15 heavy (non-hydrogen) atoms. The minimum Gasteiger partial charge on any atom is -0.316 e. The number of nitrogens with zero attached hydrogens (tertiary/aromatic N) is 1. The fourth-order valence-electron chi connectivity index (χ4n) is 3.39. The van der Waals surface area contributed by atoms with Crippen molar-refractivity contribution in [3.05, 3.63) is 0 Å². The Morgan fingerprint density at radius 2 is 1.93 bits per heavy atom. The highest BCUT2D eigenvalue weighted by atomic mass is 15.2. The van der Waals surface area contributed by atoms with Crippen molar-refractivity contribution in [1.82, 2.24) is 10.2 Å². The Labute approximate surface area is 94.4 Å². The van der Waals surface area contributed by atoms with Crippen molar-refractivity contribution < 1.29 is 0 Å². The van der Waals surface area contributed by atoms with E-state index in [0.717, 1.165) is 23.9 Å². The van der Waals surface area contributed by atoms with Crippen LogP contribution >= 0.6 is 0 Å². The molecule has 4 atom stereocenters. The third kappa shape index (κ3) is 2.36. The predicted molar refractivity (Wildman–Crippen MR) is 65.0 cm³/mol. The van der Waals surface area contributed by atoms with Crippen molar-refractivity contribution in [3.63, 3.8) is 0 Å². The summed E-state index contributed by atoms with van der Waals surface area (Å²) in [6.45, 7) is 7.48. The van der Waals surface area contributed by atoms with Crippen molar-refractivity contribution in [1.29, 1.82) is 0 Å². The first-order valence-corrected chi connectivity index (χ1v) is 6.63. The number of rotatable bonds is 2. The molecule has 1 saturated heterocycles. The fraction of sp³-hybridized carbons (Fsp3) is 1.00. The van der Waals surface area contributed by atoms with Gasteiger partial charge in [0.25, 0.3) is 0 Å². The maximum atomic E-state index is 3.42. The van der Waals surface area contributed by atoms with Gasteiger partial charge in [-0.25, -0.2) is 0 Å². The monoisotopic (exact) mass is 210 g/mol. The molecule has 1 aliphatic carbocycles. The van der Waals surface area contributed by atoms with E-state index in [1.165, 1.54) is 38.8 Å². The molecule has 2 nitrogen and oxygen atoms in total. The molecule has 2 fully saturated rings. The van der Waals surface area contributed by atoms with E-state index in [9.17, 15) is 0 Å². The van der Waals surface area contributed by atoms with E-state index in [1.54, 1.807) is 0 Å². The smallest absolute Gasteiger partial charge is 0.0204 e. The summed E-state index contributed by atoms with van der Waals surface area (Å²) in [5.41, 5.74) is 0. The highest BCUT2D eigenvalue weighted by molar-refractivity contribution is 4.90. The molecule has 1 saturated carbocycles. The summed E-state index contributed by atoms with van der Waals surface area (Å²) in [7, 11) is 2.10. The average molecular weight is 210 g/mol. The highest BCUT2D eigenvalue weighted by Gasteiger charge is 2.34. The molecule has 88 valence electrons. The van der Waals surface area contributed by atoms with Gasteiger partial charge in [0.2, 0.25) is 0 Å². The number of hydrogen-bond donors (Lipinski definition) is 1. The molecular formula is C13H26N2. The topological polar surface area (TPSA) is 15.3 Å².